The molecule has 0 radical (unpaired) electrons. The third-order valence-electron chi connectivity index (χ3n) is 3.40. The molecule has 0 saturated heterocycles. The van der Waals surface area contributed by atoms with Gasteiger partial charge in [0.2, 0.25) is 0 Å². The molecule has 0 saturated carbocycles. The lowest BCUT2D eigenvalue weighted by atomic mass is 10.1. The maximum Gasteiger partial charge on any atom is 0.295 e. The molecule has 0 unspecified atom stereocenters. The quantitative estimate of drug-likeness (QED) is 0.536. The van der Waals surface area contributed by atoms with Crippen LogP contribution in [0.15, 0.2) is 54.6 Å². The van der Waals surface area contributed by atoms with E-state index in [2.05, 4.69) is 11.1 Å². The van der Waals surface area contributed by atoms with Crippen molar-refractivity contribution >= 4 is 28.7 Å². The zero-order valence-electron chi connectivity index (χ0n) is 12.0. The van der Waals surface area contributed by atoms with Crippen LogP contribution >= 0.6 is 0 Å². The number of non-ortho nitro benzene ring substituents is 1. The molecule has 5 heteroatoms. The fourth-order valence-corrected chi connectivity index (χ4v) is 2.24. The molecule has 0 atom stereocenters. The van der Waals surface area contributed by atoms with Gasteiger partial charge in [-0.1, -0.05) is 36.4 Å². The van der Waals surface area contributed by atoms with E-state index in [-0.39, 0.29) is 5.69 Å². The van der Waals surface area contributed by atoms with Gasteiger partial charge in [-0.3, -0.25) is 10.1 Å². The van der Waals surface area contributed by atoms with E-state index < -0.39 is 4.92 Å². The molecule has 110 valence electrons. The van der Waals surface area contributed by atoms with E-state index in [0.717, 1.165) is 10.9 Å². The highest BCUT2D eigenvalue weighted by Gasteiger charge is 2.12. The Morgan fingerprint density at radius 2 is 1.83 bits per heavy atom. The van der Waals surface area contributed by atoms with Gasteiger partial charge in [-0.15, -0.1) is 0 Å². The first-order valence-corrected chi connectivity index (χ1v) is 6.90. The lowest BCUT2D eigenvalue weighted by molar-refractivity contribution is -0.383. The summed E-state index contributed by atoms with van der Waals surface area (Å²) in [6.45, 7) is 0. The van der Waals surface area contributed by atoms with Gasteiger partial charge in [-0.05, 0) is 29.8 Å². The summed E-state index contributed by atoms with van der Waals surface area (Å²) < 4.78 is 0. The second kappa shape index (κ2) is 6.08. The van der Waals surface area contributed by atoms with Crippen molar-refractivity contribution in [2.24, 2.45) is 0 Å². The average molecular weight is 301 g/mol. The van der Waals surface area contributed by atoms with Gasteiger partial charge in [0.15, 0.2) is 0 Å². The number of nitrogens with zero attached hydrogens (tertiary/aromatic N) is 3. The number of nitro groups is 1. The molecule has 0 fully saturated rings. The predicted molar refractivity (Wildman–Crippen MR) is 88.5 cm³/mol. The van der Waals surface area contributed by atoms with Crippen molar-refractivity contribution < 1.29 is 4.92 Å². The molecule has 0 spiro atoms. The highest BCUT2D eigenvalue weighted by molar-refractivity contribution is 5.88. The van der Waals surface area contributed by atoms with Gasteiger partial charge in [-0.2, -0.15) is 5.26 Å². The van der Waals surface area contributed by atoms with Crippen molar-refractivity contribution in [3.63, 3.8) is 0 Å². The number of aromatic nitrogens is 1. The van der Waals surface area contributed by atoms with Crippen LogP contribution in [0.4, 0.5) is 5.69 Å². The third kappa shape index (κ3) is 3.06. The first kappa shape index (κ1) is 14.4. The molecule has 5 nitrogen and oxygen atoms in total. The summed E-state index contributed by atoms with van der Waals surface area (Å²) in [6, 6.07) is 17.7. The Hall–Kier alpha value is -3.52. The number of fused-ring (bicyclic) bond motifs is 1. The second-order valence-corrected chi connectivity index (χ2v) is 4.91. The largest absolute Gasteiger partial charge is 0.295 e. The van der Waals surface area contributed by atoms with Gasteiger partial charge in [0, 0.05) is 11.5 Å². The minimum absolute atomic E-state index is 0.00359. The summed E-state index contributed by atoms with van der Waals surface area (Å²) in [6.07, 6.45) is 3.64. The van der Waals surface area contributed by atoms with E-state index in [4.69, 9.17) is 5.26 Å². The standard InChI is InChI=1S/C18H11N3O2/c19-12-14-6-4-13(5-7-14)8-10-16-11-9-15-2-1-3-17(21(22)23)18(15)20-16/h1-11H/b10-8+. The fourth-order valence-electron chi connectivity index (χ4n) is 2.24. The monoisotopic (exact) mass is 301 g/mol. The number of benzene rings is 2. The van der Waals surface area contributed by atoms with Crippen molar-refractivity contribution in [1.29, 1.82) is 5.26 Å². The molecule has 0 bridgehead atoms. The van der Waals surface area contributed by atoms with Crippen molar-refractivity contribution in [2.45, 2.75) is 0 Å². The van der Waals surface area contributed by atoms with Crippen LogP contribution in [-0.4, -0.2) is 9.91 Å². The van der Waals surface area contributed by atoms with Crippen LogP contribution < -0.4 is 0 Å². The number of hydrogen-bond acceptors (Lipinski definition) is 4. The van der Waals surface area contributed by atoms with E-state index in [1.165, 1.54) is 6.07 Å². The predicted octanol–water partition coefficient (Wildman–Crippen LogP) is 4.19. The first-order valence-electron chi connectivity index (χ1n) is 6.90. The normalized spacial score (nSPS) is 10.7. The lowest BCUT2D eigenvalue weighted by Gasteiger charge is -2.00. The Kier molecular flexibility index (Phi) is 3.81. The molecule has 2 aromatic carbocycles. The highest BCUT2D eigenvalue weighted by atomic mass is 16.6. The minimum atomic E-state index is -0.427. The molecule has 3 rings (SSSR count). The number of nitro benzene ring substituents is 1. The van der Waals surface area contributed by atoms with Crippen molar-refractivity contribution in [2.75, 3.05) is 0 Å². The maximum atomic E-state index is 11.1. The Labute approximate surface area is 132 Å². The average Bonchev–Trinajstić information content (AvgIpc) is 2.59. The summed E-state index contributed by atoms with van der Waals surface area (Å²) in [7, 11) is 0. The first-order chi connectivity index (χ1) is 11.2. The van der Waals surface area contributed by atoms with Gasteiger partial charge in [0.25, 0.3) is 5.69 Å². The Morgan fingerprint density at radius 1 is 1.04 bits per heavy atom. The van der Waals surface area contributed by atoms with Gasteiger partial charge in [0.1, 0.15) is 5.52 Å². The van der Waals surface area contributed by atoms with Crippen LogP contribution in [0.5, 0.6) is 0 Å². The smallest absolute Gasteiger partial charge is 0.258 e. The number of para-hydroxylation sites is 1. The zero-order valence-corrected chi connectivity index (χ0v) is 12.0. The molecule has 1 aromatic heterocycles. The second-order valence-electron chi connectivity index (χ2n) is 4.91. The maximum absolute atomic E-state index is 11.1. The minimum Gasteiger partial charge on any atom is -0.258 e. The van der Waals surface area contributed by atoms with Crippen LogP contribution in [0.3, 0.4) is 0 Å². The van der Waals surface area contributed by atoms with E-state index in [1.54, 1.807) is 30.3 Å². The SMILES string of the molecule is N#Cc1ccc(/C=C/c2ccc3cccc([N+](=O)[O-])c3n2)cc1. The van der Waals surface area contributed by atoms with Crippen molar-refractivity contribution in [1.82, 2.24) is 4.98 Å². The Bertz CT molecular complexity index is 954. The van der Waals surface area contributed by atoms with E-state index in [0.29, 0.717) is 16.8 Å². The van der Waals surface area contributed by atoms with E-state index >= 15 is 0 Å². The van der Waals surface area contributed by atoms with Gasteiger partial charge < -0.3 is 0 Å². The van der Waals surface area contributed by atoms with Crippen LogP contribution in [0.25, 0.3) is 23.1 Å². The summed E-state index contributed by atoms with van der Waals surface area (Å²) in [5, 5.41) is 20.6. The van der Waals surface area contributed by atoms with E-state index in [1.807, 2.05) is 30.3 Å². The van der Waals surface area contributed by atoms with Crippen LogP contribution in [-0.2, 0) is 0 Å². The van der Waals surface area contributed by atoms with Gasteiger partial charge in [-0.25, -0.2) is 4.98 Å². The molecule has 23 heavy (non-hydrogen) atoms. The summed E-state index contributed by atoms with van der Waals surface area (Å²) in [4.78, 5) is 15.0. The molecule has 0 amide bonds. The molecule has 1 heterocycles. The molecular formula is C18H11N3O2. The van der Waals surface area contributed by atoms with Gasteiger partial charge >= 0.3 is 0 Å². The molecule has 3 aromatic rings. The number of nitriles is 1. The van der Waals surface area contributed by atoms with Crippen LogP contribution in [0, 0.1) is 21.4 Å². The third-order valence-corrected chi connectivity index (χ3v) is 3.40. The lowest BCUT2D eigenvalue weighted by Crippen LogP contribution is -1.92. The zero-order chi connectivity index (χ0) is 16.2. The summed E-state index contributed by atoms with van der Waals surface area (Å²) in [5.74, 6) is 0. The molecule has 0 aliphatic carbocycles. The molecule has 0 aliphatic rings. The van der Waals surface area contributed by atoms with Crippen molar-refractivity contribution in [3.8, 4) is 6.07 Å². The van der Waals surface area contributed by atoms with Crippen LogP contribution in [0.2, 0.25) is 0 Å². The molecular weight excluding hydrogens is 290 g/mol. The van der Waals surface area contributed by atoms with Gasteiger partial charge in [0.05, 0.1) is 22.2 Å². The Morgan fingerprint density at radius 3 is 2.52 bits per heavy atom. The number of hydrogen-bond donors (Lipinski definition) is 0. The highest BCUT2D eigenvalue weighted by Crippen LogP contribution is 2.24. The molecule has 0 aliphatic heterocycles. The fraction of sp³-hybridized carbons (Fsp3) is 0. The van der Waals surface area contributed by atoms with E-state index in [9.17, 15) is 10.1 Å². The topological polar surface area (TPSA) is 79.8 Å². The van der Waals surface area contributed by atoms with Crippen LogP contribution in [0.1, 0.15) is 16.8 Å². The number of rotatable bonds is 3. The summed E-state index contributed by atoms with van der Waals surface area (Å²) >= 11 is 0. The summed E-state index contributed by atoms with van der Waals surface area (Å²) in [5.41, 5.74) is 2.53. The van der Waals surface area contributed by atoms with Crippen molar-refractivity contribution in [3.05, 3.63) is 81.5 Å². The Balaban J connectivity index is 1.96. The number of pyridine rings is 1. The molecule has 0 N–H and O–H groups in total.